The highest BCUT2D eigenvalue weighted by Crippen LogP contribution is 2.17. The third-order valence-corrected chi connectivity index (χ3v) is 3.02. The van der Waals surface area contributed by atoms with E-state index in [2.05, 4.69) is 4.98 Å². The van der Waals surface area contributed by atoms with Crippen molar-refractivity contribution in [1.82, 2.24) is 4.98 Å². The number of nitrogens with zero attached hydrogens (tertiary/aromatic N) is 1. The number of sulfone groups is 1. The lowest BCUT2D eigenvalue weighted by Gasteiger charge is -2.00. The number of pyridine rings is 1. The lowest BCUT2D eigenvalue weighted by molar-refractivity contribution is 0.604. The zero-order valence-electron chi connectivity index (χ0n) is 7.14. The largest absolute Gasteiger partial charge is 0.398 e. The minimum absolute atomic E-state index is 0.0492. The summed E-state index contributed by atoms with van der Waals surface area (Å²) in [5.41, 5.74) is 5.70. The van der Waals surface area contributed by atoms with Gasteiger partial charge in [-0.25, -0.2) is 8.42 Å². The number of hydrogen-bond donors (Lipinski definition) is 1. The molecule has 0 aliphatic carbocycles. The van der Waals surface area contributed by atoms with E-state index >= 15 is 0 Å². The van der Waals surface area contributed by atoms with Gasteiger partial charge in [0.25, 0.3) is 0 Å². The number of rotatable bonds is 2. The Morgan fingerprint density at radius 3 is 2.77 bits per heavy atom. The van der Waals surface area contributed by atoms with Crippen LogP contribution in [0.3, 0.4) is 0 Å². The van der Waals surface area contributed by atoms with Crippen LogP contribution in [0.5, 0.6) is 0 Å². The van der Waals surface area contributed by atoms with E-state index in [1.807, 2.05) is 0 Å². The fourth-order valence-corrected chi connectivity index (χ4v) is 1.99. The summed E-state index contributed by atoms with van der Waals surface area (Å²) in [6.45, 7) is 1.63. The molecular weight excluding hydrogens is 188 g/mol. The van der Waals surface area contributed by atoms with Crippen LogP contribution < -0.4 is 5.73 Å². The second-order valence-corrected chi connectivity index (χ2v) is 4.23. The van der Waals surface area contributed by atoms with E-state index in [4.69, 9.17) is 5.73 Å². The van der Waals surface area contributed by atoms with E-state index in [1.54, 1.807) is 6.92 Å². The summed E-state index contributed by atoms with van der Waals surface area (Å²) in [4.78, 5) is 3.75. The summed E-state index contributed by atoms with van der Waals surface area (Å²) in [5.74, 6) is 0. The average molecular weight is 198 g/mol. The molecule has 0 unspecified atom stereocenters. The SMILES string of the molecule is C/C=C\S(=O)(=O)c1cnccc1N. The monoisotopic (exact) mass is 198 g/mol. The zero-order valence-corrected chi connectivity index (χ0v) is 7.95. The number of anilines is 1. The third kappa shape index (κ3) is 2.06. The standard InChI is InChI=1S/C8H10N2O2S/c1-2-5-13(11,12)8-6-10-4-3-7(8)9/h2-6H,1H3,(H2,9,10)/b5-2-. The van der Waals surface area contributed by atoms with Crippen molar-refractivity contribution < 1.29 is 8.42 Å². The second kappa shape index (κ2) is 3.57. The Morgan fingerprint density at radius 2 is 2.23 bits per heavy atom. The van der Waals surface area contributed by atoms with Gasteiger partial charge < -0.3 is 5.73 Å². The van der Waals surface area contributed by atoms with E-state index in [0.717, 1.165) is 5.41 Å². The molecule has 0 spiro atoms. The fourth-order valence-electron chi connectivity index (χ4n) is 0.881. The predicted molar refractivity (Wildman–Crippen MR) is 50.6 cm³/mol. The summed E-state index contributed by atoms with van der Waals surface area (Å²) in [5, 5.41) is 1.10. The van der Waals surface area contributed by atoms with E-state index in [-0.39, 0.29) is 10.6 Å². The molecule has 4 nitrogen and oxygen atoms in total. The molecular formula is C8H10N2O2S. The van der Waals surface area contributed by atoms with Gasteiger partial charge >= 0.3 is 0 Å². The summed E-state index contributed by atoms with van der Waals surface area (Å²) in [6.07, 6.45) is 4.14. The van der Waals surface area contributed by atoms with Gasteiger partial charge in [-0.1, -0.05) is 6.08 Å². The lowest BCUT2D eigenvalue weighted by Crippen LogP contribution is -2.01. The van der Waals surface area contributed by atoms with E-state index in [0.29, 0.717) is 0 Å². The first-order valence-electron chi connectivity index (χ1n) is 3.65. The highest BCUT2D eigenvalue weighted by atomic mass is 32.2. The summed E-state index contributed by atoms with van der Waals surface area (Å²) >= 11 is 0. The smallest absolute Gasteiger partial charge is 0.203 e. The highest BCUT2D eigenvalue weighted by Gasteiger charge is 2.13. The number of nitrogen functional groups attached to an aromatic ring is 1. The summed E-state index contributed by atoms with van der Waals surface area (Å²) in [7, 11) is -3.41. The van der Waals surface area contributed by atoms with E-state index in [9.17, 15) is 8.42 Å². The van der Waals surface area contributed by atoms with Crippen LogP contribution in [-0.2, 0) is 9.84 Å². The highest BCUT2D eigenvalue weighted by molar-refractivity contribution is 7.94. The lowest BCUT2D eigenvalue weighted by atomic mass is 10.4. The molecule has 0 aromatic carbocycles. The maximum absolute atomic E-state index is 11.4. The normalized spacial score (nSPS) is 12.1. The van der Waals surface area contributed by atoms with Crippen molar-refractivity contribution in [2.75, 3.05) is 5.73 Å². The van der Waals surface area contributed by atoms with Gasteiger partial charge in [-0.05, 0) is 13.0 Å². The molecule has 0 saturated heterocycles. The van der Waals surface area contributed by atoms with Crippen molar-refractivity contribution in [2.24, 2.45) is 0 Å². The first kappa shape index (κ1) is 9.73. The van der Waals surface area contributed by atoms with Crippen molar-refractivity contribution in [1.29, 1.82) is 0 Å². The van der Waals surface area contributed by atoms with Crippen LogP contribution in [0.4, 0.5) is 5.69 Å². The topological polar surface area (TPSA) is 73.0 Å². The van der Waals surface area contributed by atoms with Gasteiger partial charge in [-0.15, -0.1) is 0 Å². The molecule has 0 amide bonds. The van der Waals surface area contributed by atoms with E-state index < -0.39 is 9.84 Å². The Kier molecular flexibility index (Phi) is 2.67. The fraction of sp³-hybridized carbons (Fsp3) is 0.125. The molecule has 0 radical (unpaired) electrons. The van der Waals surface area contributed by atoms with Crippen LogP contribution in [0.25, 0.3) is 0 Å². The van der Waals surface area contributed by atoms with Gasteiger partial charge in [-0.3, -0.25) is 4.98 Å². The zero-order chi connectivity index (χ0) is 9.90. The van der Waals surface area contributed by atoms with Crippen LogP contribution in [0.15, 0.2) is 34.8 Å². The number of hydrogen-bond acceptors (Lipinski definition) is 4. The number of allylic oxidation sites excluding steroid dienone is 1. The first-order valence-corrected chi connectivity index (χ1v) is 5.20. The third-order valence-electron chi connectivity index (χ3n) is 1.44. The minimum atomic E-state index is -3.41. The van der Waals surface area contributed by atoms with Crippen LogP contribution >= 0.6 is 0 Å². The van der Waals surface area contributed by atoms with Crippen LogP contribution in [0.2, 0.25) is 0 Å². The van der Waals surface area contributed by atoms with Crippen molar-refractivity contribution in [3.63, 3.8) is 0 Å². The molecule has 1 heterocycles. The Morgan fingerprint density at radius 1 is 1.54 bits per heavy atom. The molecule has 0 atom stereocenters. The van der Waals surface area contributed by atoms with Crippen molar-refractivity contribution >= 4 is 15.5 Å². The van der Waals surface area contributed by atoms with Crippen LogP contribution in [-0.4, -0.2) is 13.4 Å². The summed E-state index contributed by atoms with van der Waals surface area (Å²) < 4.78 is 22.9. The Bertz CT molecular complexity index is 424. The minimum Gasteiger partial charge on any atom is -0.398 e. The van der Waals surface area contributed by atoms with Gasteiger partial charge in [-0.2, -0.15) is 0 Å². The quantitative estimate of drug-likeness (QED) is 0.768. The Balaban J connectivity index is 3.31. The second-order valence-electron chi connectivity index (χ2n) is 2.43. The molecule has 0 aliphatic rings. The average Bonchev–Trinajstić information content (AvgIpc) is 2.04. The van der Waals surface area contributed by atoms with Crippen molar-refractivity contribution in [3.05, 3.63) is 29.9 Å². The summed E-state index contributed by atoms with van der Waals surface area (Å²) in [6, 6.07) is 1.45. The van der Waals surface area contributed by atoms with E-state index in [1.165, 1.54) is 24.5 Å². The number of aromatic nitrogens is 1. The molecule has 1 aromatic heterocycles. The van der Waals surface area contributed by atoms with Crippen LogP contribution in [0, 0.1) is 0 Å². The van der Waals surface area contributed by atoms with Gasteiger partial charge in [0.15, 0.2) is 0 Å². The molecule has 5 heteroatoms. The Hall–Kier alpha value is -1.36. The molecule has 0 aliphatic heterocycles. The van der Waals surface area contributed by atoms with Crippen molar-refractivity contribution in [3.8, 4) is 0 Å². The molecule has 0 saturated carbocycles. The Labute approximate surface area is 77.0 Å². The first-order chi connectivity index (χ1) is 6.08. The molecule has 1 rings (SSSR count). The molecule has 1 aromatic rings. The molecule has 0 bridgehead atoms. The predicted octanol–water partition coefficient (Wildman–Crippen LogP) is 0.971. The number of nitrogens with two attached hydrogens (primary N) is 1. The molecule has 13 heavy (non-hydrogen) atoms. The van der Waals surface area contributed by atoms with Crippen molar-refractivity contribution in [2.45, 2.75) is 11.8 Å². The van der Waals surface area contributed by atoms with Gasteiger partial charge in [0.05, 0.1) is 5.69 Å². The molecule has 0 fully saturated rings. The maximum Gasteiger partial charge on any atom is 0.203 e. The maximum atomic E-state index is 11.4. The van der Waals surface area contributed by atoms with Gasteiger partial charge in [0.2, 0.25) is 9.84 Å². The van der Waals surface area contributed by atoms with Crippen LogP contribution in [0.1, 0.15) is 6.92 Å². The molecule has 2 N–H and O–H groups in total. The van der Waals surface area contributed by atoms with Gasteiger partial charge in [0.1, 0.15) is 4.90 Å². The molecule has 70 valence electrons. The van der Waals surface area contributed by atoms with Gasteiger partial charge in [0, 0.05) is 17.8 Å².